The number of aryl methyl sites for hydroxylation is 1. The zero-order chi connectivity index (χ0) is 20.4. The minimum atomic E-state index is -0.663. The second-order valence-corrected chi connectivity index (χ2v) is 8.08. The van der Waals surface area contributed by atoms with Gasteiger partial charge in [0.1, 0.15) is 17.7 Å². The van der Waals surface area contributed by atoms with Gasteiger partial charge in [-0.05, 0) is 44.0 Å². The highest BCUT2D eigenvalue weighted by Crippen LogP contribution is 2.22. The largest absolute Gasteiger partial charge is 0.371 e. The van der Waals surface area contributed by atoms with Crippen molar-refractivity contribution >= 4 is 11.6 Å². The van der Waals surface area contributed by atoms with Crippen molar-refractivity contribution in [3.8, 4) is 0 Å². The summed E-state index contributed by atoms with van der Waals surface area (Å²) in [5.74, 6) is 0.918. The quantitative estimate of drug-likeness (QED) is 0.840. The van der Waals surface area contributed by atoms with Crippen molar-refractivity contribution in [1.82, 2.24) is 19.8 Å². The Labute approximate surface area is 171 Å². The molecule has 1 N–H and O–H groups in total. The lowest BCUT2D eigenvalue weighted by Crippen LogP contribution is -2.34. The van der Waals surface area contributed by atoms with Crippen LogP contribution in [0.2, 0.25) is 0 Å². The Hall–Kier alpha value is -2.41. The third-order valence-corrected chi connectivity index (χ3v) is 5.96. The number of likely N-dealkylation sites (N-methyl/N-ethyl adjacent to an activating group) is 1. The summed E-state index contributed by atoms with van der Waals surface area (Å²) in [4.78, 5) is 22.1. The van der Waals surface area contributed by atoms with Crippen LogP contribution < -0.4 is 10.2 Å². The number of rotatable bonds is 5. The molecule has 0 bridgehead atoms. The van der Waals surface area contributed by atoms with Gasteiger partial charge < -0.3 is 14.8 Å². The van der Waals surface area contributed by atoms with E-state index in [1.165, 1.54) is 0 Å². The third kappa shape index (κ3) is 4.29. The van der Waals surface area contributed by atoms with Crippen LogP contribution >= 0.6 is 0 Å². The van der Waals surface area contributed by atoms with E-state index in [4.69, 9.17) is 4.98 Å². The van der Waals surface area contributed by atoms with Crippen LogP contribution in [-0.4, -0.2) is 53.2 Å². The molecule has 2 aliphatic rings. The van der Waals surface area contributed by atoms with Crippen molar-refractivity contribution in [3.05, 3.63) is 47.0 Å². The van der Waals surface area contributed by atoms with Gasteiger partial charge in [0.25, 0.3) is 5.91 Å². The number of amides is 1. The van der Waals surface area contributed by atoms with Crippen LogP contribution in [0.1, 0.15) is 47.3 Å². The topological polar surface area (TPSA) is 53.4 Å². The van der Waals surface area contributed by atoms with Crippen molar-refractivity contribution in [2.45, 2.75) is 52.0 Å². The Morgan fingerprint density at radius 1 is 1.17 bits per heavy atom. The molecule has 1 aromatic heterocycles. The van der Waals surface area contributed by atoms with Gasteiger partial charge >= 0.3 is 0 Å². The first kappa shape index (κ1) is 19.9. The lowest BCUT2D eigenvalue weighted by molar-refractivity contribution is 0.0937. The highest BCUT2D eigenvalue weighted by atomic mass is 19.1. The van der Waals surface area contributed by atoms with Gasteiger partial charge in [0.05, 0.1) is 12.2 Å². The van der Waals surface area contributed by atoms with Gasteiger partial charge in [0.15, 0.2) is 0 Å². The molecule has 156 valence electrons. The van der Waals surface area contributed by atoms with Gasteiger partial charge in [0, 0.05) is 38.4 Å². The van der Waals surface area contributed by atoms with Gasteiger partial charge in [-0.15, -0.1) is 0 Å². The summed E-state index contributed by atoms with van der Waals surface area (Å²) >= 11 is 0. The van der Waals surface area contributed by atoms with E-state index in [0.29, 0.717) is 25.1 Å². The molecule has 0 spiro atoms. The summed E-state index contributed by atoms with van der Waals surface area (Å²) in [6.07, 6.45) is 1.28. The van der Waals surface area contributed by atoms with E-state index in [1.54, 1.807) is 0 Å². The molecule has 4 rings (SSSR count). The Morgan fingerprint density at radius 3 is 2.59 bits per heavy atom. The average Bonchev–Trinajstić information content (AvgIpc) is 3.10. The molecule has 1 fully saturated rings. The zero-order valence-corrected chi connectivity index (χ0v) is 17.3. The van der Waals surface area contributed by atoms with Crippen molar-refractivity contribution in [3.63, 3.8) is 0 Å². The van der Waals surface area contributed by atoms with E-state index in [1.807, 2.05) is 19.1 Å². The minimum absolute atomic E-state index is 0.0563. The maximum atomic E-state index is 13.3. The van der Waals surface area contributed by atoms with Gasteiger partial charge in [-0.2, -0.15) is 0 Å². The number of alkyl halides is 1. The van der Waals surface area contributed by atoms with Gasteiger partial charge in [-0.1, -0.05) is 19.1 Å². The van der Waals surface area contributed by atoms with Crippen molar-refractivity contribution in [2.75, 3.05) is 31.6 Å². The summed E-state index contributed by atoms with van der Waals surface area (Å²) in [6.45, 7) is 6.55. The molecular formula is C22H30FN5O. The second kappa shape index (κ2) is 8.53. The monoisotopic (exact) mass is 399 g/mol. The number of carbonyl (C=O) groups excluding carboxylic acids is 1. The first-order chi connectivity index (χ1) is 14.0. The van der Waals surface area contributed by atoms with Crippen LogP contribution in [0, 0.1) is 0 Å². The summed E-state index contributed by atoms with van der Waals surface area (Å²) in [5, 5.41) is 3.07. The van der Waals surface area contributed by atoms with E-state index < -0.39 is 6.17 Å². The smallest absolute Gasteiger partial charge is 0.270 e. The van der Waals surface area contributed by atoms with E-state index in [-0.39, 0.29) is 5.91 Å². The lowest BCUT2D eigenvalue weighted by atomic mass is 10.1. The summed E-state index contributed by atoms with van der Waals surface area (Å²) < 4.78 is 15.4. The molecule has 29 heavy (non-hydrogen) atoms. The number of aromatic nitrogens is 2. The van der Waals surface area contributed by atoms with E-state index >= 15 is 0 Å². The fourth-order valence-electron chi connectivity index (χ4n) is 4.20. The fraction of sp³-hybridized carbons (Fsp3) is 0.545. The van der Waals surface area contributed by atoms with Crippen LogP contribution in [0.4, 0.5) is 10.1 Å². The molecule has 2 aromatic rings. The predicted octanol–water partition coefficient (Wildman–Crippen LogP) is 2.76. The molecule has 7 heteroatoms. The molecule has 1 amide bonds. The number of imidazole rings is 1. The van der Waals surface area contributed by atoms with Crippen LogP contribution in [0.3, 0.4) is 0 Å². The number of anilines is 1. The Morgan fingerprint density at radius 2 is 1.90 bits per heavy atom. The van der Waals surface area contributed by atoms with Crippen LogP contribution in [0.5, 0.6) is 0 Å². The molecule has 6 nitrogen and oxygen atoms in total. The maximum Gasteiger partial charge on any atom is 0.270 e. The van der Waals surface area contributed by atoms with Crippen molar-refractivity contribution in [2.24, 2.45) is 0 Å². The van der Waals surface area contributed by atoms with Crippen LogP contribution in [0.15, 0.2) is 24.3 Å². The first-order valence-corrected chi connectivity index (χ1v) is 10.6. The minimum Gasteiger partial charge on any atom is -0.371 e. The summed E-state index contributed by atoms with van der Waals surface area (Å²) in [7, 11) is 2.08. The Balaban J connectivity index is 1.40. The zero-order valence-electron chi connectivity index (χ0n) is 17.3. The number of hydrogen-bond acceptors (Lipinski definition) is 4. The van der Waals surface area contributed by atoms with Crippen LogP contribution in [-0.2, 0) is 26.1 Å². The molecular weight excluding hydrogens is 369 g/mol. The molecule has 0 unspecified atom stereocenters. The number of halogens is 1. The molecule has 0 atom stereocenters. The maximum absolute atomic E-state index is 13.3. The fourth-order valence-corrected chi connectivity index (χ4v) is 4.20. The van der Waals surface area contributed by atoms with E-state index in [9.17, 15) is 9.18 Å². The molecule has 2 aliphatic heterocycles. The third-order valence-electron chi connectivity index (χ3n) is 5.96. The number of piperidine rings is 1. The SMILES string of the molecule is CCc1nc2n(c1C(=O)NCc1ccc(N3CCC(F)CC3)cc1)CCN(C)C2. The highest BCUT2D eigenvalue weighted by molar-refractivity contribution is 5.94. The highest BCUT2D eigenvalue weighted by Gasteiger charge is 2.25. The standard InChI is InChI=1S/C22H30FN5O/c1-3-19-21(28-13-12-26(2)15-20(28)25-19)22(29)24-14-16-4-6-18(7-5-16)27-10-8-17(23)9-11-27/h4-7,17H,3,8-15H2,1-2H3,(H,24,29). The molecule has 1 saturated heterocycles. The Kier molecular flexibility index (Phi) is 5.85. The van der Waals surface area contributed by atoms with E-state index in [2.05, 4.69) is 38.9 Å². The van der Waals surface area contributed by atoms with Crippen LogP contribution in [0.25, 0.3) is 0 Å². The molecule has 0 aliphatic carbocycles. The number of nitrogens with zero attached hydrogens (tertiary/aromatic N) is 4. The number of nitrogens with one attached hydrogen (secondary N) is 1. The molecule has 1 aromatic carbocycles. The number of carbonyl (C=O) groups is 1. The first-order valence-electron chi connectivity index (χ1n) is 10.6. The molecule has 3 heterocycles. The second-order valence-electron chi connectivity index (χ2n) is 8.08. The van der Waals surface area contributed by atoms with Gasteiger partial charge in [0.2, 0.25) is 0 Å². The summed E-state index contributed by atoms with van der Waals surface area (Å²) in [5.41, 5.74) is 3.76. The normalized spacial score (nSPS) is 18.0. The number of hydrogen-bond donors (Lipinski definition) is 1. The predicted molar refractivity (Wildman–Crippen MR) is 112 cm³/mol. The molecule has 0 radical (unpaired) electrons. The van der Waals surface area contributed by atoms with Gasteiger partial charge in [-0.3, -0.25) is 9.69 Å². The number of fused-ring (bicyclic) bond motifs is 1. The number of benzene rings is 1. The Bertz CT molecular complexity index is 855. The molecule has 0 saturated carbocycles. The van der Waals surface area contributed by atoms with Crippen molar-refractivity contribution < 1.29 is 9.18 Å². The average molecular weight is 400 g/mol. The lowest BCUT2D eigenvalue weighted by Gasteiger charge is -2.30. The summed E-state index contributed by atoms with van der Waals surface area (Å²) in [6, 6.07) is 8.21. The van der Waals surface area contributed by atoms with E-state index in [0.717, 1.165) is 61.9 Å². The van der Waals surface area contributed by atoms with Crippen molar-refractivity contribution in [1.29, 1.82) is 0 Å². The van der Waals surface area contributed by atoms with Gasteiger partial charge in [-0.25, -0.2) is 9.37 Å².